The lowest BCUT2D eigenvalue weighted by Gasteiger charge is -2.08. The maximum absolute atomic E-state index is 14.9. The average Bonchev–Trinajstić information content (AvgIpc) is 1.59. The molecule has 0 fully saturated rings. The summed E-state index contributed by atoms with van der Waals surface area (Å²) in [5.74, 6) is 0. The molecule has 0 aliphatic heterocycles. The van der Waals surface area contributed by atoms with Crippen molar-refractivity contribution in [3.05, 3.63) is 125 Å². The highest BCUT2D eigenvalue weighted by Crippen LogP contribution is 2.47. The highest BCUT2D eigenvalue weighted by atomic mass is 32.1. The summed E-state index contributed by atoms with van der Waals surface area (Å²) in [6.45, 7) is 9.21. The van der Waals surface area contributed by atoms with Gasteiger partial charge in [0.15, 0.2) is 10.9 Å². The third-order valence-corrected chi connectivity index (χ3v) is 24.2. The second-order valence-electron chi connectivity index (χ2n) is 27.4. The molecule has 486 valence electrons. The first-order valence-corrected chi connectivity index (χ1v) is 40.9. The Bertz CT molecular complexity index is 3370. The van der Waals surface area contributed by atoms with Crippen LogP contribution in [0.5, 0.6) is 0 Å². The molecular formula is C84H114O2S4. The van der Waals surface area contributed by atoms with Gasteiger partial charge in [0.2, 0.25) is 0 Å². The van der Waals surface area contributed by atoms with E-state index in [9.17, 15) is 9.59 Å². The Morgan fingerprint density at radius 3 is 0.844 bits per heavy atom. The van der Waals surface area contributed by atoms with Gasteiger partial charge in [0.25, 0.3) is 0 Å². The normalized spacial score (nSPS) is 12.0. The van der Waals surface area contributed by atoms with E-state index in [0.29, 0.717) is 0 Å². The molecule has 0 spiro atoms. The Kier molecular flexibility index (Phi) is 30.3. The molecule has 0 saturated carbocycles. The Labute approximate surface area is 561 Å². The zero-order valence-corrected chi connectivity index (χ0v) is 59.9. The van der Waals surface area contributed by atoms with Crippen LogP contribution < -0.4 is 10.9 Å². The molecule has 0 bridgehead atoms. The van der Waals surface area contributed by atoms with Gasteiger partial charge >= 0.3 is 0 Å². The monoisotopic (exact) mass is 1280 g/mol. The minimum Gasteiger partial charge on any atom is -0.289 e. The van der Waals surface area contributed by atoms with E-state index in [2.05, 4.69) is 110 Å². The number of rotatable bonds is 48. The first-order chi connectivity index (χ1) is 44.4. The van der Waals surface area contributed by atoms with Crippen molar-refractivity contribution in [1.29, 1.82) is 0 Å². The largest absolute Gasteiger partial charge is 0.289 e. The predicted octanol–water partition coefficient (Wildman–Crippen LogP) is 28.7. The molecule has 0 saturated heterocycles. The predicted molar refractivity (Wildman–Crippen MR) is 407 cm³/mol. The van der Waals surface area contributed by atoms with Crippen molar-refractivity contribution < 1.29 is 0 Å². The summed E-state index contributed by atoms with van der Waals surface area (Å²) in [6.07, 6.45) is 58.5. The SMILES string of the molecule is CCCCCCCCCCCCc1csc(-c2c(CCCCCCCCCCCC)csc2-c2ccc3c(c2)c(=O)c2cc4c(cc23)c(=O)c2cc(-c3scc(CCCCCCCCCCCC)c3-c3cc(CCCCCCCCCCCC)cs3)ccc24)c1. The van der Waals surface area contributed by atoms with Crippen molar-refractivity contribution in [2.45, 2.75) is 310 Å². The van der Waals surface area contributed by atoms with Gasteiger partial charge in [-0.3, -0.25) is 9.59 Å². The van der Waals surface area contributed by atoms with Crippen LogP contribution in [0.1, 0.15) is 307 Å². The maximum Gasteiger partial charge on any atom is 0.194 e. The highest BCUT2D eigenvalue weighted by Gasteiger charge is 2.23. The van der Waals surface area contributed by atoms with Gasteiger partial charge in [-0.1, -0.05) is 283 Å². The molecule has 0 atom stereocenters. The summed E-state index contributed by atoms with van der Waals surface area (Å²) in [4.78, 5) is 35.0. The van der Waals surface area contributed by atoms with Crippen molar-refractivity contribution in [2.75, 3.05) is 0 Å². The molecule has 0 aliphatic carbocycles. The first-order valence-electron chi connectivity index (χ1n) is 37.4. The van der Waals surface area contributed by atoms with Crippen molar-refractivity contribution in [2.24, 2.45) is 0 Å². The van der Waals surface area contributed by atoms with Gasteiger partial charge in [0.1, 0.15) is 0 Å². The van der Waals surface area contributed by atoms with Crippen LogP contribution in [0.3, 0.4) is 0 Å². The molecule has 0 aliphatic rings. The van der Waals surface area contributed by atoms with Crippen LogP contribution in [0, 0.1) is 0 Å². The van der Waals surface area contributed by atoms with Gasteiger partial charge in [0, 0.05) is 52.2 Å². The van der Waals surface area contributed by atoms with Crippen molar-refractivity contribution in [3.63, 3.8) is 0 Å². The topological polar surface area (TPSA) is 34.1 Å². The second kappa shape index (κ2) is 38.9. The molecule has 0 N–H and O–H groups in total. The molecule has 4 aromatic heterocycles. The van der Waals surface area contributed by atoms with Gasteiger partial charge in [-0.25, -0.2) is 0 Å². The number of fused-ring (bicyclic) bond motifs is 6. The first kappa shape index (κ1) is 70.1. The van der Waals surface area contributed by atoms with Gasteiger partial charge in [-0.2, -0.15) is 0 Å². The third kappa shape index (κ3) is 19.9. The maximum atomic E-state index is 14.9. The Hall–Kier alpha value is -4.20. The van der Waals surface area contributed by atoms with Crippen LogP contribution in [-0.4, -0.2) is 0 Å². The molecule has 4 heterocycles. The third-order valence-electron chi connectivity index (χ3n) is 20.1. The lowest BCUT2D eigenvalue weighted by Crippen LogP contribution is -1.95. The van der Waals surface area contributed by atoms with E-state index in [4.69, 9.17) is 0 Å². The zero-order valence-electron chi connectivity index (χ0n) is 56.6. The van der Waals surface area contributed by atoms with E-state index in [-0.39, 0.29) is 10.9 Å². The number of thiophene rings is 4. The van der Waals surface area contributed by atoms with Gasteiger partial charge in [-0.05, 0) is 164 Å². The van der Waals surface area contributed by atoms with Crippen molar-refractivity contribution in [3.8, 4) is 41.8 Å². The van der Waals surface area contributed by atoms with Gasteiger partial charge in [0.05, 0.1) is 0 Å². The summed E-state index contributed by atoms with van der Waals surface area (Å²) in [6, 6.07) is 22.3. The van der Waals surface area contributed by atoms with Gasteiger partial charge in [-0.15, -0.1) is 45.3 Å². The molecule has 90 heavy (non-hydrogen) atoms. The molecular weight excluding hydrogens is 1170 g/mol. The highest BCUT2D eigenvalue weighted by molar-refractivity contribution is 7.17. The minimum absolute atomic E-state index is 0.0717. The van der Waals surface area contributed by atoms with Crippen LogP contribution in [0.2, 0.25) is 0 Å². The minimum atomic E-state index is 0.0717. The van der Waals surface area contributed by atoms with Gasteiger partial charge < -0.3 is 0 Å². The number of hydrogen-bond donors (Lipinski definition) is 0. The molecule has 2 nitrogen and oxygen atoms in total. The average molecular weight is 1280 g/mol. The zero-order chi connectivity index (χ0) is 62.5. The fourth-order valence-corrected chi connectivity index (χ4v) is 19.0. The van der Waals surface area contributed by atoms with Crippen molar-refractivity contribution in [1.82, 2.24) is 0 Å². The van der Waals surface area contributed by atoms with Crippen LogP contribution in [0.15, 0.2) is 91.8 Å². The lowest BCUT2D eigenvalue weighted by molar-refractivity contribution is 0.556. The van der Waals surface area contributed by atoms with E-state index in [0.717, 1.165) is 79.9 Å². The van der Waals surface area contributed by atoms with E-state index in [1.54, 1.807) is 0 Å². The van der Waals surface area contributed by atoms with Crippen LogP contribution in [0.25, 0.3) is 84.9 Å². The Morgan fingerprint density at radius 2 is 0.533 bits per heavy atom. The van der Waals surface area contributed by atoms with Crippen LogP contribution >= 0.6 is 45.3 Å². The molecule has 0 radical (unpaired) electrons. The molecule has 6 heteroatoms. The van der Waals surface area contributed by atoms with E-state index >= 15 is 0 Å². The van der Waals surface area contributed by atoms with E-state index in [1.807, 2.05) is 45.3 Å². The summed E-state index contributed by atoms with van der Waals surface area (Å²) in [5.41, 5.74) is 11.0. The summed E-state index contributed by atoms with van der Waals surface area (Å²) in [5, 5.41) is 16.4. The molecule has 0 unspecified atom stereocenters. The molecule has 0 amide bonds. The second-order valence-corrected chi connectivity index (χ2v) is 31.0. The number of unbranched alkanes of at least 4 members (excludes halogenated alkanes) is 36. The molecule has 9 aromatic rings. The number of aryl methyl sites for hydroxylation is 4. The van der Waals surface area contributed by atoms with E-state index in [1.165, 1.54) is 310 Å². The number of hydrogen-bond acceptors (Lipinski definition) is 6. The summed E-state index contributed by atoms with van der Waals surface area (Å²) >= 11 is 7.55. The fourth-order valence-electron chi connectivity index (χ4n) is 14.6. The lowest BCUT2D eigenvalue weighted by atomic mass is 9.98. The Morgan fingerprint density at radius 1 is 0.256 bits per heavy atom. The molecule has 5 aromatic carbocycles. The van der Waals surface area contributed by atoms with Crippen LogP contribution in [-0.2, 0) is 25.7 Å². The Balaban J connectivity index is 0.931. The smallest absolute Gasteiger partial charge is 0.194 e. The van der Waals surface area contributed by atoms with Crippen molar-refractivity contribution >= 4 is 88.4 Å². The standard InChI is InChI=1S/C84H114O2S4/c1-5-9-13-17-21-25-29-33-37-41-45-63-53-77(87-59-63)79-67(47-43-39-35-31-27-23-19-15-11-7-3)61-89-83(79)65-49-51-69-71-57-76-72(58-75(71)81(85)73(69)55-65)70-52-50-66(56-74(70)82(76)86)84-80(68(62-90-84)48-44-40-36-32-28-24-20-16-12-8-4)78-54-64(60-88-78)46-42-38-34-30-26-22-18-14-10-6-2/h49-62H,5-48H2,1-4H3. The number of benzene rings is 3. The fraction of sp³-hybridized carbons (Fsp3) is 0.571. The summed E-state index contributed by atoms with van der Waals surface area (Å²) in [7, 11) is 0. The summed E-state index contributed by atoms with van der Waals surface area (Å²) < 4.78 is 0. The quantitative estimate of drug-likeness (QED) is 0.0356. The van der Waals surface area contributed by atoms with E-state index < -0.39 is 0 Å². The van der Waals surface area contributed by atoms with Crippen LogP contribution in [0.4, 0.5) is 0 Å². The molecule has 9 rings (SSSR count).